The summed E-state index contributed by atoms with van der Waals surface area (Å²) in [5, 5.41) is 1.94. The maximum absolute atomic E-state index is 12.4. The third-order valence-corrected chi connectivity index (χ3v) is 7.07. The van der Waals surface area contributed by atoms with Gasteiger partial charge in [0.05, 0.1) is 0 Å². The minimum Gasteiger partial charge on any atom is -0.206 e. The first-order valence-electron chi connectivity index (χ1n) is 5.67. The van der Waals surface area contributed by atoms with E-state index in [1.807, 2.05) is 23.6 Å². The topological polar surface area (TPSA) is 37.4 Å². The molecule has 0 saturated heterocycles. The van der Waals surface area contributed by atoms with E-state index in [0.29, 0.717) is 23.1 Å². The highest BCUT2D eigenvalue weighted by atomic mass is 35.5. The standard InChI is InChI=1S/C12H14ClNO2S3/c1-14(9-11-3-2-8-17-11)19(15,16)12-5-4-10(18-12)6-7-13/h2-5,8H,6-7,9H2,1H3. The number of hydrogen-bond acceptors (Lipinski definition) is 4. The Labute approximate surface area is 126 Å². The second-order valence-corrected chi connectivity index (χ2v) is 8.85. The average Bonchev–Trinajstić information content (AvgIpc) is 3.00. The van der Waals surface area contributed by atoms with Crippen molar-refractivity contribution < 1.29 is 8.42 Å². The van der Waals surface area contributed by atoms with E-state index in [-0.39, 0.29) is 0 Å². The lowest BCUT2D eigenvalue weighted by Crippen LogP contribution is -2.25. The van der Waals surface area contributed by atoms with E-state index in [2.05, 4.69) is 0 Å². The number of nitrogens with zero attached hydrogens (tertiary/aromatic N) is 1. The highest BCUT2D eigenvalue weighted by Crippen LogP contribution is 2.26. The smallest absolute Gasteiger partial charge is 0.206 e. The van der Waals surface area contributed by atoms with Crippen LogP contribution in [0.2, 0.25) is 0 Å². The summed E-state index contributed by atoms with van der Waals surface area (Å²) >= 11 is 8.52. The van der Waals surface area contributed by atoms with Crippen LogP contribution < -0.4 is 0 Å². The van der Waals surface area contributed by atoms with Gasteiger partial charge in [-0.3, -0.25) is 0 Å². The molecule has 0 fully saturated rings. The van der Waals surface area contributed by atoms with E-state index in [4.69, 9.17) is 11.6 Å². The summed E-state index contributed by atoms with van der Waals surface area (Å²) < 4.78 is 26.5. The lowest BCUT2D eigenvalue weighted by molar-refractivity contribution is 0.471. The van der Waals surface area contributed by atoms with Gasteiger partial charge in [-0.25, -0.2) is 8.42 Å². The SMILES string of the molecule is CN(Cc1cccs1)S(=O)(=O)c1ccc(CCCl)s1. The van der Waals surface area contributed by atoms with Gasteiger partial charge in [-0.15, -0.1) is 34.3 Å². The fourth-order valence-electron chi connectivity index (χ4n) is 1.58. The van der Waals surface area contributed by atoms with Gasteiger partial charge in [-0.1, -0.05) is 6.07 Å². The molecular weight excluding hydrogens is 322 g/mol. The number of hydrogen-bond donors (Lipinski definition) is 0. The van der Waals surface area contributed by atoms with Gasteiger partial charge in [0.2, 0.25) is 0 Å². The predicted octanol–water partition coefficient (Wildman–Crippen LogP) is 3.41. The highest BCUT2D eigenvalue weighted by molar-refractivity contribution is 7.91. The van der Waals surface area contributed by atoms with Crippen molar-refractivity contribution in [2.24, 2.45) is 0 Å². The number of alkyl halides is 1. The summed E-state index contributed by atoms with van der Waals surface area (Å²) in [6.07, 6.45) is 0.705. The lowest BCUT2D eigenvalue weighted by Gasteiger charge is -2.14. The maximum Gasteiger partial charge on any atom is 0.252 e. The largest absolute Gasteiger partial charge is 0.252 e. The van der Waals surface area contributed by atoms with Gasteiger partial charge in [-0.05, 0) is 30.0 Å². The number of halogens is 1. The monoisotopic (exact) mass is 335 g/mol. The van der Waals surface area contributed by atoms with Gasteiger partial charge in [0, 0.05) is 29.2 Å². The summed E-state index contributed by atoms with van der Waals surface area (Å²) in [5.41, 5.74) is 0. The van der Waals surface area contributed by atoms with Crippen LogP contribution in [0.3, 0.4) is 0 Å². The number of rotatable bonds is 6. The molecule has 0 saturated carbocycles. The molecule has 0 amide bonds. The third kappa shape index (κ3) is 3.58. The van der Waals surface area contributed by atoms with E-state index in [1.165, 1.54) is 15.6 Å². The van der Waals surface area contributed by atoms with Crippen LogP contribution >= 0.6 is 34.3 Å². The summed E-state index contributed by atoms with van der Waals surface area (Å²) in [4.78, 5) is 2.03. The molecule has 7 heteroatoms. The number of sulfonamides is 1. The van der Waals surface area contributed by atoms with Crippen molar-refractivity contribution in [1.82, 2.24) is 4.31 Å². The Balaban J connectivity index is 2.16. The van der Waals surface area contributed by atoms with E-state index in [9.17, 15) is 8.42 Å². The summed E-state index contributed by atoms with van der Waals surface area (Å²) in [5.74, 6) is 0.505. The molecule has 0 aliphatic rings. The molecule has 0 spiro atoms. The second-order valence-electron chi connectivity index (χ2n) is 4.00. The van der Waals surface area contributed by atoms with Crippen LogP contribution in [0.4, 0.5) is 0 Å². The first kappa shape index (κ1) is 15.0. The zero-order valence-electron chi connectivity index (χ0n) is 10.4. The Hall–Kier alpha value is -0.400. The fourth-order valence-corrected chi connectivity index (χ4v) is 5.45. The van der Waals surface area contributed by atoms with Gasteiger partial charge in [0.1, 0.15) is 4.21 Å². The van der Waals surface area contributed by atoms with Gasteiger partial charge in [0.15, 0.2) is 0 Å². The zero-order chi connectivity index (χ0) is 13.9. The first-order valence-corrected chi connectivity index (χ1v) is 9.34. The molecule has 2 rings (SSSR count). The lowest BCUT2D eigenvalue weighted by atomic mass is 10.4. The number of thiophene rings is 2. The molecule has 0 unspecified atom stereocenters. The van der Waals surface area contributed by atoms with Crippen LogP contribution in [0.25, 0.3) is 0 Å². The molecule has 0 aliphatic carbocycles. The Morgan fingerprint density at radius 3 is 2.68 bits per heavy atom. The zero-order valence-corrected chi connectivity index (χ0v) is 13.6. The Morgan fingerprint density at radius 1 is 1.26 bits per heavy atom. The predicted molar refractivity (Wildman–Crippen MR) is 81.7 cm³/mol. The highest BCUT2D eigenvalue weighted by Gasteiger charge is 2.23. The second kappa shape index (κ2) is 6.37. The summed E-state index contributed by atoms with van der Waals surface area (Å²) in [6, 6.07) is 7.35. The Bertz CT molecular complexity index is 619. The van der Waals surface area contributed by atoms with Crippen LogP contribution in [0, 0.1) is 0 Å². The minimum atomic E-state index is -3.40. The van der Waals surface area contributed by atoms with E-state index in [1.54, 1.807) is 24.5 Å². The molecule has 2 aromatic heterocycles. The van der Waals surface area contributed by atoms with Crippen LogP contribution in [-0.4, -0.2) is 25.7 Å². The van der Waals surface area contributed by atoms with Crippen molar-refractivity contribution in [1.29, 1.82) is 0 Å². The summed E-state index contributed by atoms with van der Waals surface area (Å²) in [6.45, 7) is 0.405. The third-order valence-electron chi connectivity index (χ3n) is 2.60. The molecule has 0 N–H and O–H groups in total. The number of aryl methyl sites for hydroxylation is 1. The van der Waals surface area contributed by atoms with Crippen molar-refractivity contribution in [3.05, 3.63) is 39.4 Å². The van der Waals surface area contributed by atoms with Crippen LogP contribution in [0.15, 0.2) is 33.9 Å². The molecular formula is C12H14ClNO2S3. The van der Waals surface area contributed by atoms with Crippen LogP contribution in [0.5, 0.6) is 0 Å². The maximum atomic E-state index is 12.4. The van der Waals surface area contributed by atoms with Gasteiger partial charge < -0.3 is 0 Å². The van der Waals surface area contributed by atoms with Crippen LogP contribution in [0.1, 0.15) is 9.75 Å². The van der Waals surface area contributed by atoms with Gasteiger partial charge in [-0.2, -0.15) is 4.31 Å². The average molecular weight is 336 g/mol. The van der Waals surface area contributed by atoms with Crippen molar-refractivity contribution >= 4 is 44.3 Å². The molecule has 2 aromatic rings. The molecule has 0 aromatic carbocycles. The molecule has 0 bridgehead atoms. The van der Waals surface area contributed by atoms with Crippen molar-refractivity contribution in [3.8, 4) is 0 Å². The minimum absolute atomic E-state index is 0.381. The van der Waals surface area contributed by atoms with E-state index < -0.39 is 10.0 Å². The Kier molecular flexibility index (Phi) is 5.03. The quantitative estimate of drug-likeness (QED) is 0.759. The first-order chi connectivity index (χ1) is 9.04. The van der Waals surface area contributed by atoms with Gasteiger partial charge in [0.25, 0.3) is 10.0 Å². The van der Waals surface area contributed by atoms with Crippen molar-refractivity contribution in [2.75, 3.05) is 12.9 Å². The normalized spacial score (nSPS) is 12.2. The van der Waals surface area contributed by atoms with Crippen molar-refractivity contribution in [3.63, 3.8) is 0 Å². The fraction of sp³-hybridized carbons (Fsp3) is 0.333. The summed E-state index contributed by atoms with van der Waals surface area (Å²) in [7, 11) is -1.79. The van der Waals surface area contributed by atoms with Crippen molar-refractivity contribution in [2.45, 2.75) is 17.2 Å². The molecule has 2 heterocycles. The molecule has 19 heavy (non-hydrogen) atoms. The molecule has 3 nitrogen and oxygen atoms in total. The van der Waals surface area contributed by atoms with E-state index in [0.717, 1.165) is 9.75 Å². The van der Waals surface area contributed by atoms with Crippen LogP contribution in [-0.2, 0) is 23.0 Å². The Morgan fingerprint density at radius 2 is 2.05 bits per heavy atom. The van der Waals surface area contributed by atoms with Gasteiger partial charge >= 0.3 is 0 Å². The molecule has 0 radical (unpaired) electrons. The molecule has 0 aliphatic heterocycles. The van der Waals surface area contributed by atoms with E-state index >= 15 is 0 Å². The molecule has 0 atom stereocenters. The molecule has 104 valence electrons.